The van der Waals surface area contributed by atoms with Crippen LogP contribution in [-0.2, 0) is 11.3 Å². The summed E-state index contributed by atoms with van der Waals surface area (Å²) in [6, 6.07) is 13.0. The highest BCUT2D eigenvalue weighted by Crippen LogP contribution is 2.29. The molecule has 0 fully saturated rings. The van der Waals surface area contributed by atoms with Gasteiger partial charge in [-0.05, 0) is 47.3 Å². The van der Waals surface area contributed by atoms with Crippen molar-refractivity contribution in [3.8, 4) is 10.4 Å². The standard InChI is InChI=1S/C19H12FNO3S/c20-12-4-6-15-14(9-12)19(24)13-5-3-11(17-2-1-7-25-17)8-16(13)21(15)10-18(22)23/h1-9H,10H2,(H,22,23). The van der Waals surface area contributed by atoms with E-state index in [1.54, 1.807) is 22.0 Å². The second-order valence-electron chi connectivity index (χ2n) is 5.68. The van der Waals surface area contributed by atoms with Crippen molar-refractivity contribution in [1.29, 1.82) is 0 Å². The number of rotatable bonds is 3. The van der Waals surface area contributed by atoms with Crippen LogP contribution in [0.4, 0.5) is 4.39 Å². The van der Waals surface area contributed by atoms with Crippen LogP contribution in [0.3, 0.4) is 0 Å². The third-order valence-corrected chi connectivity index (χ3v) is 5.05. The average molecular weight is 353 g/mol. The average Bonchev–Trinajstić information content (AvgIpc) is 3.12. The molecule has 0 amide bonds. The lowest BCUT2D eigenvalue weighted by atomic mass is 10.1. The molecule has 6 heteroatoms. The van der Waals surface area contributed by atoms with Gasteiger partial charge in [0.1, 0.15) is 12.4 Å². The van der Waals surface area contributed by atoms with E-state index in [0.29, 0.717) is 16.4 Å². The summed E-state index contributed by atoms with van der Waals surface area (Å²) in [5.41, 5.74) is 1.54. The van der Waals surface area contributed by atoms with Crippen LogP contribution in [0.5, 0.6) is 0 Å². The van der Waals surface area contributed by atoms with Gasteiger partial charge in [-0.1, -0.05) is 12.1 Å². The molecular weight excluding hydrogens is 341 g/mol. The molecule has 4 rings (SSSR count). The largest absolute Gasteiger partial charge is 0.480 e. The van der Waals surface area contributed by atoms with Gasteiger partial charge < -0.3 is 9.67 Å². The van der Waals surface area contributed by atoms with Crippen LogP contribution in [0, 0.1) is 5.82 Å². The Morgan fingerprint density at radius 1 is 1.08 bits per heavy atom. The lowest BCUT2D eigenvalue weighted by molar-refractivity contribution is -0.137. The smallest absolute Gasteiger partial charge is 0.323 e. The van der Waals surface area contributed by atoms with E-state index in [0.717, 1.165) is 16.5 Å². The van der Waals surface area contributed by atoms with Crippen LogP contribution in [0.1, 0.15) is 0 Å². The van der Waals surface area contributed by atoms with Crippen LogP contribution >= 0.6 is 11.3 Å². The molecule has 0 radical (unpaired) electrons. The Morgan fingerprint density at radius 2 is 1.92 bits per heavy atom. The van der Waals surface area contributed by atoms with Crippen LogP contribution in [0.25, 0.3) is 32.2 Å². The number of thiophene rings is 1. The predicted molar refractivity (Wildman–Crippen MR) is 96.6 cm³/mol. The van der Waals surface area contributed by atoms with E-state index >= 15 is 0 Å². The van der Waals surface area contributed by atoms with Gasteiger partial charge >= 0.3 is 5.97 Å². The molecule has 0 unspecified atom stereocenters. The number of hydrogen-bond acceptors (Lipinski definition) is 3. The number of fused-ring (bicyclic) bond motifs is 2. The summed E-state index contributed by atoms with van der Waals surface area (Å²) in [5.74, 6) is -1.56. The first-order chi connectivity index (χ1) is 12.0. The fraction of sp³-hybridized carbons (Fsp3) is 0.0526. The Hall–Kier alpha value is -2.99. The SMILES string of the molecule is O=C(O)Cn1c2ccc(F)cc2c(=O)c2ccc(-c3cccs3)cc21. The van der Waals surface area contributed by atoms with Gasteiger partial charge in [-0.2, -0.15) is 0 Å². The minimum absolute atomic E-state index is 0.178. The number of carbonyl (C=O) groups is 1. The van der Waals surface area contributed by atoms with Gasteiger partial charge in [0.05, 0.1) is 11.0 Å². The van der Waals surface area contributed by atoms with E-state index in [-0.39, 0.29) is 17.4 Å². The molecule has 0 aliphatic carbocycles. The topological polar surface area (TPSA) is 59.3 Å². The van der Waals surface area contributed by atoms with Crippen LogP contribution in [0.2, 0.25) is 0 Å². The van der Waals surface area contributed by atoms with E-state index in [9.17, 15) is 19.1 Å². The summed E-state index contributed by atoms with van der Waals surface area (Å²) in [6.07, 6.45) is 0. The second-order valence-corrected chi connectivity index (χ2v) is 6.63. The van der Waals surface area contributed by atoms with Gasteiger partial charge in [0, 0.05) is 15.6 Å². The van der Waals surface area contributed by atoms with Crippen molar-refractivity contribution >= 4 is 39.1 Å². The number of aromatic nitrogens is 1. The quantitative estimate of drug-likeness (QED) is 0.564. The maximum absolute atomic E-state index is 13.6. The highest BCUT2D eigenvalue weighted by Gasteiger charge is 2.14. The van der Waals surface area contributed by atoms with Crippen LogP contribution in [0.15, 0.2) is 58.7 Å². The molecule has 0 aliphatic heterocycles. The minimum atomic E-state index is -1.03. The Balaban J connectivity index is 2.14. The zero-order valence-corrected chi connectivity index (χ0v) is 13.7. The third kappa shape index (κ3) is 2.60. The molecule has 4 nitrogen and oxygen atoms in total. The summed E-state index contributed by atoms with van der Waals surface area (Å²) in [7, 11) is 0. The monoisotopic (exact) mass is 353 g/mol. The summed E-state index contributed by atoms with van der Waals surface area (Å²) < 4.78 is 15.1. The number of hydrogen-bond donors (Lipinski definition) is 1. The first kappa shape index (κ1) is 15.5. The predicted octanol–water partition coefficient (Wildman–Crippen LogP) is 4.11. The summed E-state index contributed by atoms with van der Waals surface area (Å²) >= 11 is 1.56. The van der Waals surface area contributed by atoms with E-state index < -0.39 is 11.8 Å². The van der Waals surface area contributed by atoms with E-state index in [2.05, 4.69) is 0 Å². The first-order valence-electron chi connectivity index (χ1n) is 7.56. The Labute approximate surface area is 145 Å². The minimum Gasteiger partial charge on any atom is -0.480 e. The molecule has 0 saturated heterocycles. The maximum Gasteiger partial charge on any atom is 0.323 e. The number of carboxylic acids is 1. The van der Waals surface area contributed by atoms with Crippen molar-refractivity contribution in [3.05, 3.63) is 70.0 Å². The van der Waals surface area contributed by atoms with Crippen molar-refractivity contribution in [2.75, 3.05) is 0 Å². The summed E-state index contributed by atoms with van der Waals surface area (Å²) in [5, 5.41) is 11.8. The van der Waals surface area contributed by atoms with Gasteiger partial charge in [-0.25, -0.2) is 4.39 Å². The number of carboxylic acid groups (broad SMARTS) is 1. The highest BCUT2D eigenvalue weighted by molar-refractivity contribution is 7.13. The van der Waals surface area contributed by atoms with Gasteiger partial charge in [-0.15, -0.1) is 11.3 Å². The van der Waals surface area contributed by atoms with Crippen molar-refractivity contribution in [2.24, 2.45) is 0 Å². The van der Waals surface area contributed by atoms with Crippen molar-refractivity contribution < 1.29 is 14.3 Å². The summed E-state index contributed by atoms with van der Waals surface area (Å²) in [6.45, 7) is -0.313. The van der Waals surface area contributed by atoms with Crippen LogP contribution < -0.4 is 5.43 Å². The van der Waals surface area contributed by atoms with Gasteiger partial charge in [0.15, 0.2) is 5.43 Å². The lowest BCUT2D eigenvalue weighted by Gasteiger charge is -2.14. The first-order valence-corrected chi connectivity index (χ1v) is 8.44. The fourth-order valence-electron chi connectivity index (χ4n) is 3.05. The lowest BCUT2D eigenvalue weighted by Crippen LogP contribution is -2.16. The van der Waals surface area contributed by atoms with Crippen LogP contribution in [-0.4, -0.2) is 15.6 Å². The van der Waals surface area contributed by atoms with Gasteiger partial charge in [0.25, 0.3) is 0 Å². The Bertz CT molecular complexity index is 1180. The fourth-order valence-corrected chi connectivity index (χ4v) is 3.77. The molecule has 2 aromatic heterocycles. The molecule has 4 aromatic rings. The molecule has 0 spiro atoms. The zero-order chi connectivity index (χ0) is 17.6. The Kier molecular flexibility index (Phi) is 3.62. The number of aliphatic carboxylic acids is 1. The molecule has 0 atom stereocenters. The molecule has 0 aliphatic rings. The van der Waals surface area contributed by atoms with Gasteiger partial charge in [0.2, 0.25) is 0 Å². The van der Waals surface area contributed by atoms with Crippen molar-refractivity contribution in [1.82, 2.24) is 4.57 Å². The van der Waals surface area contributed by atoms with Crippen molar-refractivity contribution in [3.63, 3.8) is 0 Å². The van der Waals surface area contributed by atoms with Crippen molar-refractivity contribution in [2.45, 2.75) is 6.54 Å². The molecule has 1 N–H and O–H groups in total. The number of benzene rings is 2. The Morgan fingerprint density at radius 3 is 2.64 bits per heavy atom. The van der Waals surface area contributed by atoms with Gasteiger partial charge in [-0.3, -0.25) is 9.59 Å². The zero-order valence-electron chi connectivity index (χ0n) is 12.9. The maximum atomic E-state index is 13.6. The molecular formula is C19H12FNO3S. The molecule has 0 bridgehead atoms. The number of halogens is 1. The third-order valence-electron chi connectivity index (χ3n) is 4.13. The molecule has 124 valence electrons. The highest BCUT2D eigenvalue weighted by atomic mass is 32.1. The summed E-state index contributed by atoms with van der Waals surface area (Å²) in [4.78, 5) is 25.1. The van der Waals surface area contributed by atoms with E-state index in [4.69, 9.17) is 0 Å². The molecule has 2 heterocycles. The number of pyridine rings is 1. The normalized spacial score (nSPS) is 11.2. The number of nitrogens with zero attached hydrogens (tertiary/aromatic N) is 1. The van der Waals surface area contributed by atoms with E-state index in [1.807, 2.05) is 29.6 Å². The van der Waals surface area contributed by atoms with E-state index in [1.165, 1.54) is 12.1 Å². The molecule has 2 aromatic carbocycles. The second kappa shape index (κ2) is 5.82. The molecule has 25 heavy (non-hydrogen) atoms. The molecule has 0 saturated carbocycles.